The van der Waals surface area contributed by atoms with Crippen molar-refractivity contribution in [3.05, 3.63) is 187 Å². The van der Waals surface area contributed by atoms with Gasteiger partial charge in [0.2, 0.25) is 0 Å². The van der Waals surface area contributed by atoms with Crippen LogP contribution in [-0.2, 0) is 5.41 Å². The van der Waals surface area contributed by atoms with E-state index in [-0.39, 0.29) is 5.41 Å². The molecule has 0 N–H and O–H groups in total. The highest BCUT2D eigenvalue weighted by Gasteiger charge is 2.46. The molecule has 0 unspecified atom stereocenters. The molecule has 270 valence electrons. The number of hydrogen-bond donors (Lipinski definition) is 0. The van der Waals surface area contributed by atoms with Gasteiger partial charge in [0.05, 0.1) is 22.4 Å². The quantitative estimate of drug-likeness (QED) is 0.181. The van der Waals surface area contributed by atoms with Crippen LogP contribution in [0.4, 0.5) is 0 Å². The summed E-state index contributed by atoms with van der Waals surface area (Å²) in [6, 6.07) is 64.2. The fourth-order valence-electron chi connectivity index (χ4n) is 10.5. The Bertz CT molecular complexity index is 3150. The Hall–Kier alpha value is -6.84. The number of benzene rings is 8. The second-order valence-electron chi connectivity index (χ2n) is 16.0. The Balaban J connectivity index is 1.20. The predicted molar refractivity (Wildman–Crippen MR) is 237 cm³/mol. The lowest BCUT2D eigenvalue weighted by Gasteiger charge is -2.36. The van der Waals surface area contributed by atoms with Crippen LogP contribution in [0.3, 0.4) is 0 Å². The van der Waals surface area contributed by atoms with E-state index in [9.17, 15) is 0 Å². The molecule has 1 spiro atoms. The Morgan fingerprint density at radius 1 is 0.456 bits per heavy atom. The maximum Gasteiger partial charge on any atom is 0.160 e. The molecule has 0 saturated heterocycles. The van der Waals surface area contributed by atoms with E-state index in [1.807, 2.05) is 6.07 Å². The van der Waals surface area contributed by atoms with Gasteiger partial charge in [-0.15, -0.1) is 0 Å². The third-order valence-corrected chi connectivity index (χ3v) is 12.9. The van der Waals surface area contributed by atoms with Crippen molar-refractivity contribution in [2.24, 2.45) is 0 Å². The van der Waals surface area contributed by atoms with Crippen molar-refractivity contribution >= 4 is 43.4 Å². The average Bonchev–Trinajstić information content (AvgIpc) is 3.78. The lowest BCUT2D eigenvalue weighted by Crippen LogP contribution is -2.28. The molecule has 0 aliphatic heterocycles. The summed E-state index contributed by atoms with van der Waals surface area (Å²) >= 11 is 0. The standard InChI is InChI=1S/C54H39N3/c1-4-18-36(19-5-1)46-34-47(56-53(55-46)37-20-6-2-7-21-37)38-22-16-23-39(33-38)57-51-40-24-9-8-17-35(40)29-30-44(51)49-50-48(41-25-10-11-26-42(41)52(49)57)43-27-12-13-28-45(43)54(50)31-14-3-15-32-54/h1-2,4-13,16-30,33-34H,3,14-15,31-32H2. The highest BCUT2D eigenvalue weighted by atomic mass is 15.0. The Labute approximate surface area is 331 Å². The van der Waals surface area contributed by atoms with E-state index < -0.39 is 0 Å². The van der Waals surface area contributed by atoms with Gasteiger partial charge < -0.3 is 4.57 Å². The van der Waals surface area contributed by atoms with E-state index in [1.165, 1.54) is 92.1 Å². The third kappa shape index (κ3) is 4.79. The van der Waals surface area contributed by atoms with Crippen LogP contribution in [0.5, 0.6) is 0 Å². The van der Waals surface area contributed by atoms with Crippen molar-refractivity contribution in [1.29, 1.82) is 0 Å². The van der Waals surface area contributed by atoms with E-state index in [0.29, 0.717) is 0 Å². The first-order valence-corrected chi connectivity index (χ1v) is 20.4. The minimum absolute atomic E-state index is 0.0122. The lowest BCUT2D eigenvalue weighted by molar-refractivity contribution is 0.355. The predicted octanol–water partition coefficient (Wildman–Crippen LogP) is 14.1. The molecule has 57 heavy (non-hydrogen) atoms. The highest BCUT2D eigenvalue weighted by Crippen LogP contribution is 2.61. The average molecular weight is 730 g/mol. The van der Waals surface area contributed by atoms with Gasteiger partial charge >= 0.3 is 0 Å². The van der Waals surface area contributed by atoms with Crippen molar-refractivity contribution in [3.63, 3.8) is 0 Å². The van der Waals surface area contributed by atoms with Gasteiger partial charge in [0.15, 0.2) is 5.82 Å². The molecule has 2 heterocycles. The molecule has 10 aromatic rings. The summed E-state index contributed by atoms with van der Waals surface area (Å²) in [6.07, 6.45) is 6.17. The van der Waals surface area contributed by atoms with E-state index in [0.717, 1.165) is 39.6 Å². The number of aromatic nitrogens is 3. The van der Waals surface area contributed by atoms with E-state index in [1.54, 1.807) is 5.56 Å². The van der Waals surface area contributed by atoms with E-state index in [2.05, 4.69) is 174 Å². The van der Waals surface area contributed by atoms with Crippen molar-refractivity contribution in [3.8, 4) is 50.7 Å². The summed E-state index contributed by atoms with van der Waals surface area (Å²) in [4.78, 5) is 10.4. The molecule has 3 heteroatoms. The summed E-state index contributed by atoms with van der Waals surface area (Å²) in [7, 11) is 0. The van der Waals surface area contributed by atoms with Gasteiger partial charge in [-0.1, -0.05) is 177 Å². The summed E-state index contributed by atoms with van der Waals surface area (Å²) in [5.74, 6) is 0.721. The van der Waals surface area contributed by atoms with Crippen molar-refractivity contribution in [1.82, 2.24) is 14.5 Å². The molecule has 2 aliphatic rings. The molecule has 2 aromatic heterocycles. The molecular weight excluding hydrogens is 691 g/mol. The molecule has 8 aromatic carbocycles. The molecule has 3 nitrogen and oxygen atoms in total. The van der Waals surface area contributed by atoms with Crippen molar-refractivity contribution in [2.45, 2.75) is 37.5 Å². The summed E-state index contributed by atoms with van der Waals surface area (Å²) < 4.78 is 2.59. The third-order valence-electron chi connectivity index (χ3n) is 12.9. The zero-order chi connectivity index (χ0) is 37.5. The van der Waals surface area contributed by atoms with Crippen LogP contribution in [0.1, 0.15) is 43.2 Å². The fourth-order valence-corrected chi connectivity index (χ4v) is 10.5. The first-order chi connectivity index (χ1) is 28.3. The van der Waals surface area contributed by atoms with E-state index >= 15 is 0 Å². The van der Waals surface area contributed by atoms with Gasteiger partial charge in [-0.05, 0) is 64.1 Å². The zero-order valence-electron chi connectivity index (χ0n) is 31.6. The summed E-state index contributed by atoms with van der Waals surface area (Å²) in [5.41, 5.74) is 14.5. The Morgan fingerprint density at radius 2 is 1.11 bits per heavy atom. The molecule has 0 radical (unpaired) electrons. The largest absolute Gasteiger partial charge is 0.308 e. The van der Waals surface area contributed by atoms with Crippen LogP contribution in [0.2, 0.25) is 0 Å². The molecule has 0 amide bonds. The fraction of sp³-hybridized carbons (Fsp3) is 0.111. The SMILES string of the molecule is c1ccc(-c2cc(-c3cccc(-n4c5c6ccccc6ccc5c5c6c(c7ccccc7c54)-c4ccccc4C64CCCCC4)c3)nc(-c3ccccc3)n2)cc1. The number of nitrogens with zero attached hydrogens (tertiary/aromatic N) is 3. The van der Waals surface area contributed by atoms with Crippen LogP contribution in [0.15, 0.2) is 176 Å². The molecule has 12 rings (SSSR count). The molecule has 1 fully saturated rings. The number of fused-ring (bicyclic) bond motifs is 14. The molecular formula is C54H39N3. The second kappa shape index (κ2) is 12.6. The van der Waals surface area contributed by atoms with Gasteiger partial charge in [0, 0.05) is 49.3 Å². The van der Waals surface area contributed by atoms with Gasteiger partial charge in [-0.2, -0.15) is 0 Å². The molecule has 0 atom stereocenters. The number of hydrogen-bond acceptors (Lipinski definition) is 2. The Kier molecular flexibility index (Phi) is 7.16. The zero-order valence-corrected chi connectivity index (χ0v) is 31.6. The van der Waals surface area contributed by atoms with Crippen molar-refractivity contribution in [2.75, 3.05) is 0 Å². The van der Waals surface area contributed by atoms with Crippen LogP contribution >= 0.6 is 0 Å². The molecule has 1 saturated carbocycles. The minimum Gasteiger partial charge on any atom is -0.308 e. The lowest BCUT2D eigenvalue weighted by atomic mass is 9.66. The second-order valence-corrected chi connectivity index (χ2v) is 16.0. The number of rotatable bonds is 4. The topological polar surface area (TPSA) is 30.7 Å². The maximum absolute atomic E-state index is 5.25. The molecule has 0 bridgehead atoms. The van der Waals surface area contributed by atoms with Gasteiger partial charge in [-0.3, -0.25) is 0 Å². The summed E-state index contributed by atoms with van der Waals surface area (Å²) in [6.45, 7) is 0. The van der Waals surface area contributed by atoms with Crippen LogP contribution in [0.25, 0.3) is 94.1 Å². The van der Waals surface area contributed by atoms with Gasteiger partial charge in [-0.25, -0.2) is 9.97 Å². The maximum atomic E-state index is 5.25. The van der Waals surface area contributed by atoms with Crippen LogP contribution in [0, 0.1) is 0 Å². The van der Waals surface area contributed by atoms with Gasteiger partial charge in [0.25, 0.3) is 0 Å². The minimum atomic E-state index is -0.0122. The van der Waals surface area contributed by atoms with Crippen LogP contribution in [-0.4, -0.2) is 14.5 Å². The summed E-state index contributed by atoms with van der Waals surface area (Å²) in [5, 5.41) is 7.89. The smallest absolute Gasteiger partial charge is 0.160 e. The van der Waals surface area contributed by atoms with Crippen molar-refractivity contribution < 1.29 is 0 Å². The normalized spacial score (nSPS) is 14.5. The monoisotopic (exact) mass is 729 g/mol. The Morgan fingerprint density at radius 3 is 1.91 bits per heavy atom. The highest BCUT2D eigenvalue weighted by molar-refractivity contribution is 6.28. The van der Waals surface area contributed by atoms with Crippen LogP contribution < -0.4 is 0 Å². The van der Waals surface area contributed by atoms with E-state index in [4.69, 9.17) is 9.97 Å². The first-order valence-electron chi connectivity index (χ1n) is 20.4. The van der Waals surface area contributed by atoms with Gasteiger partial charge in [0.1, 0.15) is 0 Å². The molecule has 2 aliphatic carbocycles. The first kappa shape index (κ1) is 32.4.